The Morgan fingerprint density at radius 3 is 1.85 bits per heavy atom. The molecule has 0 spiro atoms. The fourth-order valence-corrected chi connectivity index (χ4v) is 10.1. The van der Waals surface area contributed by atoms with E-state index >= 15 is 0 Å². The molecule has 0 aliphatic heterocycles. The van der Waals surface area contributed by atoms with Crippen LogP contribution in [0, 0.1) is 0 Å². The van der Waals surface area contributed by atoms with Crippen LogP contribution >= 0.6 is 0 Å². The van der Waals surface area contributed by atoms with Crippen LogP contribution < -0.4 is 9.64 Å². The molecular formula is C63H52N2O. The second kappa shape index (κ2) is 17.3. The van der Waals surface area contributed by atoms with Crippen LogP contribution in [0.4, 0.5) is 17.1 Å². The highest BCUT2D eigenvalue weighted by atomic mass is 16.5. The normalized spacial score (nSPS) is 12.5. The third kappa shape index (κ3) is 7.57. The number of unbranched alkanes of at least 4 members (excludes halogenated alkanes) is 1. The average molecular weight is 853 g/mol. The summed E-state index contributed by atoms with van der Waals surface area (Å²) in [6.07, 6.45) is 4.95. The van der Waals surface area contributed by atoms with Gasteiger partial charge in [-0.1, -0.05) is 160 Å². The summed E-state index contributed by atoms with van der Waals surface area (Å²) < 4.78 is 8.39. The molecule has 0 N–H and O–H groups in total. The summed E-state index contributed by atoms with van der Waals surface area (Å²) in [7, 11) is 0. The molecule has 0 fully saturated rings. The van der Waals surface area contributed by atoms with Crippen molar-refractivity contribution in [1.29, 1.82) is 0 Å². The Hall–Kier alpha value is -7.88. The minimum Gasteiger partial charge on any atom is -0.494 e. The van der Waals surface area contributed by atoms with Gasteiger partial charge in [0.1, 0.15) is 5.75 Å². The van der Waals surface area contributed by atoms with E-state index in [-0.39, 0.29) is 5.41 Å². The summed E-state index contributed by atoms with van der Waals surface area (Å²) in [6.45, 7) is 9.25. The van der Waals surface area contributed by atoms with Crippen LogP contribution in [-0.4, -0.2) is 11.2 Å². The summed E-state index contributed by atoms with van der Waals surface area (Å²) in [5.74, 6) is 0.909. The Balaban J connectivity index is 0.874. The number of nitrogens with zero attached hydrogens (tertiary/aromatic N) is 2. The lowest BCUT2D eigenvalue weighted by Gasteiger charge is -2.28. The molecule has 320 valence electrons. The first kappa shape index (κ1) is 40.9. The predicted molar refractivity (Wildman–Crippen MR) is 279 cm³/mol. The van der Waals surface area contributed by atoms with Gasteiger partial charge in [0.15, 0.2) is 0 Å². The first-order chi connectivity index (χ1) is 32.4. The van der Waals surface area contributed by atoms with Gasteiger partial charge in [-0.2, -0.15) is 0 Å². The van der Waals surface area contributed by atoms with E-state index in [1.165, 1.54) is 77.6 Å². The maximum Gasteiger partial charge on any atom is 0.119 e. The summed E-state index contributed by atoms with van der Waals surface area (Å²) in [5, 5.41) is 2.50. The molecule has 1 aromatic heterocycles. The topological polar surface area (TPSA) is 17.4 Å². The standard InChI is InChI=1S/C63H52N2O/c1-4-44-23-37-54(38-24-44)66-41-13-12-14-45-21-30-52(31-22-45)65-61-20-11-9-18-57(61)58-42-49(29-40-62(58)65)48-27-34-51(35-28-48)64(50-32-25-47(26-33-50)46-15-6-5-7-16-46)53-36-39-56-55-17-8-10-19-59(55)63(2,3)60(56)43-53/h4-11,15-40,42-43H,1,12-14,41H2,2-3H3. The molecule has 3 heteroatoms. The highest BCUT2D eigenvalue weighted by Crippen LogP contribution is 2.51. The summed E-state index contributed by atoms with van der Waals surface area (Å²) in [4.78, 5) is 2.40. The van der Waals surface area contributed by atoms with Gasteiger partial charge in [-0.05, 0) is 154 Å². The highest BCUT2D eigenvalue weighted by Gasteiger charge is 2.35. The Labute approximate surface area is 388 Å². The number of rotatable bonds is 13. The summed E-state index contributed by atoms with van der Waals surface area (Å²) >= 11 is 0. The van der Waals surface area contributed by atoms with Gasteiger partial charge in [-0.15, -0.1) is 0 Å². The molecule has 0 saturated carbocycles. The SMILES string of the molecule is C=Cc1ccc(OCCCCc2ccc(-n3c4ccccc4c4cc(-c5ccc(N(c6ccc(-c7ccccc7)cc6)c6ccc7c(c6)C(C)(C)c6ccccc6-7)cc5)ccc43)cc2)cc1. The average Bonchev–Trinajstić information content (AvgIpc) is 3.82. The van der Waals surface area contributed by atoms with Gasteiger partial charge >= 0.3 is 0 Å². The number of anilines is 3. The van der Waals surface area contributed by atoms with Crippen LogP contribution in [0.5, 0.6) is 5.75 Å². The first-order valence-electron chi connectivity index (χ1n) is 23.2. The highest BCUT2D eigenvalue weighted by molar-refractivity contribution is 6.10. The van der Waals surface area contributed by atoms with E-state index in [0.29, 0.717) is 6.61 Å². The largest absolute Gasteiger partial charge is 0.494 e. The zero-order chi connectivity index (χ0) is 44.6. The van der Waals surface area contributed by atoms with Crippen LogP contribution in [0.25, 0.3) is 66.9 Å². The Kier molecular flexibility index (Phi) is 10.7. The van der Waals surface area contributed by atoms with E-state index in [0.717, 1.165) is 47.6 Å². The lowest BCUT2D eigenvalue weighted by molar-refractivity contribution is 0.307. The number of benzene rings is 9. The first-order valence-corrected chi connectivity index (χ1v) is 23.2. The van der Waals surface area contributed by atoms with Gasteiger partial charge < -0.3 is 14.2 Å². The number of aromatic nitrogens is 1. The molecule has 1 aliphatic carbocycles. The van der Waals surface area contributed by atoms with Crippen molar-refractivity contribution in [3.8, 4) is 44.8 Å². The molecule has 1 aliphatic rings. The van der Waals surface area contributed by atoms with Crippen molar-refractivity contribution in [1.82, 2.24) is 4.57 Å². The van der Waals surface area contributed by atoms with Gasteiger partial charge in [0.2, 0.25) is 0 Å². The van der Waals surface area contributed by atoms with Gasteiger partial charge in [0.05, 0.1) is 17.6 Å². The van der Waals surface area contributed by atoms with Crippen LogP contribution in [-0.2, 0) is 11.8 Å². The molecule has 10 aromatic rings. The van der Waals surface area contributed by atoms with Crippen LogP contribution in [0.2, 0.25) is 0 Å². The molecule has 0 bridgehead atoms. The van der Waals surface area contributed by atoms with Gasteiger partial charge in [-0.25, -0.2) is 0 Å². The summed E-state index contributed by atoms with van der Waals surface area (Å²) in [5.41, 5.74) is 19.5. The van der Waals surface area contributed by atoms with E-state index in [1.807, 2.05) is 30.3 Å². The van der Waals surface area contributed by atoms with Crippen LogP contribution in [0.15, 0.2) is 219 Å². The van der Waals surface area contributed by atoms with Gasteiger partial charge in [-0.3, -0.25) is 0 Å². The number of hydrogen-bond donors (Lipinski definition) is 0. The molecule has 1 heterocycles. The maximum atomic E-state index is 5.98. The van der Waals surface area contributed by atoms with Crippen molar-refractivity contribution < 1.29 is 4.74 Å². The van der Waals surface area contributed by atoms with E-state index in [2.05, 4.69) is 218 Å². The van der Waals surface area contributed by atoms with Crippen molar-refractivity contribution in [2.24, 2.45) is 0 Å². The smallest absolute Gasteiger partial charge is 0.119 e. The quantitative estimate of drug-likeness (QED) is 0.108. The van der Waals surface area contributed by atoms with Gasteiger partial charge in [0, 0.05) is 38.9 Å². The lowest BCUT2D eigenvalue weighted by atomic mass is 9.82. The predicted octanol–water partition coefficient (Wildman–Crippen LogP) is 16.9. The third-order valence-corrected chi connectivity index (χ3v) is 13.6. The number of ether oxygens (including phenoxy) is 1. The Bertz CT molecular complexity index is 3340. The number of para-hydroxylation sites is 1. The molecule has 0 unspecified atom stereocenters. The second-order valence-electron chi connectivity index (χ2n) is 18.0. The van der Waals surface area contributed by atoms with Crippen LogP contribution in [0.3, 0.4) is 0 Å². The van der Waals surface area contributed by atoms with E-state index in [1.54, 1.807) is 0 Å². The molecular weight excluding hydrogens is 801 g/mol. The molecule has 11 rings (SSSR count). The Morgan fingerprint density at radius 1 is 0.500 bits per heavy atom. The molecule has 66 heavy (non-hydrogen) atoms. The minimum atomic E-state index is -0.101. The van der Waals surface area contributed by atoms with E-state index in [4.69, 9.17) is 4.74 Å². The molecule has 0 radical (unpaired) electrons. The fraction of sp³-hybridized carbons (Fsp3) is 0.111. The monoisotopic (exact) mass is 852 g/mol. The second-order valence-corrected chi connectivity index (χ2v) is 18.0. The number of aryl methyl sites for hydroxylation is 1. The third-order valence-electron chi connectivity index (χ3n) is 13.6. The Morgan fingerprint density at radius 2 is 1.11 bits per heavy atom. The minimum absolute atomic E-state index is 0.101. The maximum absolute atomic E-state index is 5.98. The lowest BCUT2D eigenvalue weighted by Crippen LogP contribution is -2.16. The van der Waals surface area contributed by atoms with E-state index in [9.17, 15) is 0 Å². The zero-order valence-electron chi connectivity index (χ0n) is 37.6. The van der Waals surface area contributed by atoms with Gasteiger partial charge in [0.25, 0.3) is 0 Å². The van der Waals surface area contributed by atoms with Crippen molar-refractivity contribution in [2.45, 2.75) is 38.5 Å². The molecule has 3 nitrogen and oxygen atoms in total. The molecule has 0 amide bonds. The van der Waals surface area contributed by atoms with Crippen molar-refractivity contribution in [2.75, 3.05) is 11.5 Å². The van der Waals surface area contributed by atoms with Crippen molar-refractivity contribution in [3.05, 3.63) is 241 Å². The van der Waals surface area contributed by atoms with Crippen molar-refractivity contribution >= 4 is 44.9 Å². The fourth-order valence-electron chi connectivity index (χ4n) is 10.1. The number of fused-ring (bicyclic) bond motifs is 6. The van der Waals surface area contributed by atoms with E-state index < -0.39 is 0 Å². The van der Waals surface area contributed by atoms with Crippen LogP contribution in [0.1, 0.15) is 48.9 Å². The number of hydrogen-bond acceptors (Lipinski definition) is 2. The molecule has 0 saturated heterocycles. The van der Waals surface area contributed by atoms with Crippen molar-refractivity contribution in [3.63, 3.8) is 0 Å². The zero-order valence-corrected chi connectivity index (χ0v) is 37.6. The molecule has 9 aromatic carbocycles. The molecule has 0 atom stereocenters. The summed E-state index contributed by atoms with van der Waals surface area (Å²) in [6, 6.07) is 77.5.